The highest BCUT2D eigenvalue weighted by molar-refractivity contribution is 5.62. The zero-order valence-electron chi connectivity index (χ0n) is 11.6. The van der Waals surface area contributed by atoms with E-state index in [1.807, 2.05) is 18.3 Å². The average Bonchev–Trinajstić information content (AvgIpc) is 2.49. The van der Waals surface area contributed by atoms with Crippen LogP contribution < -0.4 is 0 Å². The van der Waals surface area contributed by atoms with Crippen LogP contribution in [0.5, 0.6) is 0 Å². The molecule has 2 rings (SSSR count). The van der Waals surface area contributed by atoms with Gasteiger partial charge < -0.3 is 5.11 Å². The minimum Gasteiger partial charge on any atom is -0.395 e. The third kappa shape index (κ3) is 4.02. The van der Waals surface area contributed by atoms with Gasteiger partial charge in [0.25, 0.3) is 0 Å². The van der Waals surface area contributed by atoms with Gasteiger partial charge in [0.1, 0.15) is 0 Å². The number of pyridine rings is 1. The summed E-state index contributed by atoms with van der Waals surface area (Å²) in [5.41, 5.74) is 3.51. The van der Waals surface area contributed by atoms with E-state index in [1.54, 1.807) is 6.20 Å². The molecule has 1 aromatic carbocycles. The smallest absolute Gasteiger partial charge is 0.0558 e. The highest BCUT2D eigenvalue weighted by Gasteiger charge is 2.05. The first-order valence-corrected chi connectivity index (χ1v) is 6.77. The standard InChI is InChI=1S/C17H20N2O/c1-2-9-19(10-11-20)14-15-5-3-6-16(12-15)17-7-4-8-18-13-17/h2-8,12-13,20H,1,9-11,14H2. The molecule has 1 aromatic heterocycles. The predicted molar refractivity (Wildman–Crippen MR) is 82.2 cm³/mol. The van der Waals surface area contributed by atoms with E-state index < -0.39 is 0 Å². The molecule has 0 saturated carbocycles. The molecule has 0 fully saturated rings. The Morgan fingerprint density at radius 1 is 1.20 bits per heavy atom. The van der Waals surface area contributed by atoms with Gasteiger partial charge in [0.2, 0.25) is 0 Å². The van der Waals surface area contributed by atoms with Gasteiger partial charge in [-0.15, -0.1) is 6.58 Å². The Hall–Kier alpha value is -1.97. The summed E-state index contributed by atoms with van der Waals surface area (Å²) in [6.45, 7) is 6.16. The minimum absolute atomic E-state index is 0.163. The molecule has 0 aliphatic carbocycles. The topological polar surface area (TPSA) is 36.4 Å². The molecule has 0 aliphatic rings. The Labute approximate surface area is 120 Å². The van der Waals surface area contributed by atoms with Crippen LogP contribution in [0.2, 0.25) is 0 Å². The summed E-state index contributed by atoms with van der Waals surface area (Å²) < 4.78 is 0. The maximum Gasteiger partial charge on any atom is 0.0558 e. The number of aliphatic hydroxyl groups excluding tert-OH is 1. The number of rotatable bonds is 7. The quantitative estimate of drug-likeness (QED) is 0.784. The Kier molecular flexibility index (Phi) is 5.47. The fourth-order valence-electron chi connectivity index (χ4n) is 2.20. The molecule has 1 heterocycles. The zero-order valence-corrected chi connectivity index (χ0v) is 11.6. The Bertz CT molecular complexity index is 540. The van der Waals surface area contributed by atoms with Crippen LogP contribution in [0.1, 0.15) is 5.56 Å². The molecule has 20 heavy (non-hydrogen) atoms. The zero-order chi connectivity index (χ0) is 14.2. The molecule has 0 unspecified atom stereocenters. The van der Waals surface area contributed by atoms with Crippen molar-refractivity contribution in [2.24, 2.45) is 0 Å². The van der Waals surface area contributed by atoms with Gasteiger partial charge in [0.15, 0.2) is 0 Å². The summed E-state index contributed by atoms with van der Waals surface area (Å²) >= 11 is 0. The van der Waals surface area contributed by atoms with Crippen molar-refractivity contribution < 1.29 is 5.11 Å². The summed E-state index contributed by atoms with van der Waals surface area (Å²) in [5.74, 6) is 0. The van der Waals surface area contributed by atoms with E-state index in [0.29, 0.717) is 6.54 Å². The fourth-order valence-corrected chi connectivity index (χ4v) is 2.20. The first-order valence-electron chi connectivity index (χ1n) is 6.77. The largest absolute Gasteiger partial charge is 0.395 e. The Morgan fingerprint density at radius 3 is 2.75 bits per heavy atom. The van der Waals surface area contributed by atoms with Gasteiger partial charge in [0.05, 0.1) is 6.61 Å². The predicted octanol–water partition coefficient (Wildman–Crippen LogP) is 2.73. The molecule has 0 saturated heterocycles. The van der Waals surface area contributed by atoms with E-state index in [0.717, 1.165) is 24.2 Å². The second kappa shape index (κ2) is 7.58. The molecule has 0 bridgehead atoms. The molecular weight excluding hydrogens is 248 g/mol. The van der Waals surface area contributed by atoms with Gasteiger partial charge >= 0.3 is 0 Å². The van der Waals surface area contributed by atoms with Crippen LogP contribution in [0, 0.1) is 0 Å². The maximum atomic E-state index is 9.09. The summed E-state index contributed by atoms with van der Waals surface area (Å²) in [6, 6.07) is 12.4. The molecule has 2 aromatic rings. The van der Waals surface area contributed by atoms with Crippen molar-refractivity contribution in [3.63, 3.8) is 0 Å². The highest BCUT2D eigenvalue weighted by Crippen LogP contribution is 2.19. The number of aliphatic hydroxyl groups is 1. The summed E-state index contributed by atoms with van der Waals surface area (Å²) in [6.07, 6.45) is 5.51. The van der Waals surface area contributed by atoms with Crippen molar-refractivity contribution in [1.29, 1.82) is 0 Å². The monoisotopic (exact) mass is 268 g/mol. The number of nitrogens with zero attached hydrogens (tertiary/aromatic N) is 2. The molecule has 3 nitrogen and oxygen atoms in total. The van der Waals surface area contributed by atoms with Crippen LogP contribution in [0.4, 0.5) is 0 Å². The first-order chi connectivity index (χ1) is 9.83. The van der Waals surface area contributed by atoms with Crippen molar-refractivity contribution >= 4 is 0 Å². The van der Waals surface area contributed by atoms with E-state index in [4.69, 9.17) is 5.11 Å². The third-order valence-electron chi connectivity index (χ3n) is 3.13. The summed E-state index contributed by atoms with van der Waals surface area (Å²) in [7, 11) is 0. The number of hydrogen-bond donors (Lipinski definition) is 1. The van der Waals surface area contributed by atoms with Crippen LogP contribution >= 0.6 is 0 Å². The van der Waals surface area contributed by atoms with E-state index in [-0.39, 0.29) is 6.61 Å². The van der Waals surface area contributed by atoms with Gasteiger partial charge in [0, 0.05) is 32.0 Å². The van der Waals surface area contributed by atoms with Crippen LogP contribution in [-0.4, -0.2) is 34.7 Å². The third-order valence-corrected chi connectivity index (χ3v) is 3.13. The van der Waals surface area contributed by atoms with Gasteiger partial charge in [-0.1, -0.05) is 30.3 Å². The Morgan fingerprint density at radius 2 is 2.05 bits per heavy atom. The lowest BCUT2D eigenvalue weighted by molar-refractivity contribution is 0.203. The van der Waals surface area contributed by atoms with Crippen molar-refractivity contribution in [3.8, 4) is 11.1 Å². The van der Waals surface area contributed by atoms with E-state index in [2.05, 4.69) is 46.8 Å². The van der Waals surface area contributed by atoms with Gasteiger partial charge in [-0.05, 0) is 28.8 Å². The minimum atomic E-state index is 0.163. The molecule has 0 amide bonds. The van der Waals surface area contributed by atoms with Crippen molar-refractivity contribution in [1.82, 2.24) is 9.88 Å². The van der Waals surface area contributed by atoms with Crippen molar-refractivity contribution in [2.45, 2.75) is 6.54 Å². The first kappa shape index (κ1) is 14.4. The summed E-state index contributed by atoms with van der Waals surface area (Å²) in [5, 5.41) is 9.09. The second-order valence-electron chi connectivity index (χ2n) is 4.69. The van der Waals surface area contributed by atoms with Crippen LogP contribution in [-0.2, 0) is 6.54 Å². The molecule has 3 heteroatoms. The Balaban J connectivity index is 2.15. The normalized spacial score (nSPS) is 10.7. The molecule has 0 radical (unpaired) electrons. The number of hydrogen-bond acceptors (Lipinski definition) is 3. The lowest BCUT2D eigenvalue weighted by Crippen LogP contribution is -2.26. The average molecular weight is 268 g/mol. The van der Waals surface area contributed by atoms with Crippen molar-refractivity contribution in [3.05, 3.63) is 67.0 Å². The molecule has 0 atom stereocenters. The summed E-state index contributed by atoms with van der Waals surface area (Å²) in [4.78, 5) is 6.32. The van der Waals surface area contributed by atoms with Gasteiger partial charge in [-0.3, -0.25) is 9.88 Å². The van der Waals surface area contributed by atoms with Gasteiger partial charge in [-0.25, -0.2) is 0 Å². The van der Waals surface area contributed by atoms with Crippen LogP contribution in [0.3, 0.4) is 0 Å². The van der Waals surface area contributed by atoms with Gasteiger partial charge in [-0.2, -0.15) is 0 Å². The molecule has 1 N–H and O–H groups in total. The van der Waals surface area contributed by atoms with E-state index in [1.165, 1.54) is 5.56 Å². The molecule has 0 spiro atoms. The fraction of sp³-hybridized carbons (Fsp3) is 0.235. The molecule has 0 aliphatic heterocycles. The molecule has 104 valence electrons. The molecular formula is C17H20N2O. The van der Waals surface area contributed by atoms with Crippen LogP contribution in [0.15, 0.2) is 61.4 Å². The SMILES string of the molecule is C=CCN(CCO)Cc1cccc(-c2cccnc2)c1. The lowest BCUT2D eigenvalue weighted by Gasteiger charge is -2.19. The maximum absolute atomic E-state index is 9.09. The van der Waals surface area contributed by atoms with E-state index in [9.17, 15) is 0 Å². The second-order valence-corrected chi connectivity index (χ2v) is 4.69. The van der Waals surface area contributed by atoms with Crippen LogP contribution in [0.25, 0.3) is 11.1 Å². The number of benzene rings is 1. The van der Waals surface area contributed by atoms with Crippen molar-refractivity contribution in [2.75, 3.05) is 19.7 Å². The lowest BCUT2D eigenvalue weighted by atomic mass is 10.0. The van der Waals surface area contributed by atoms with E-state index >= 15 is 0 Å². The number of aromatic nitrogens is 1. The highest BCUT2D eigenvalue weighted by atomic mass is 16.3.